The lowest BCUT2D eigenvalue weighted by Crippen LogP contribution is -2.42. The van der Waals surface area contributed by atoms with Crippen molar-refractivity contribution in [3.05, 3.63) is 35.4 Å². The summed E-state index contributed by atoms with van der Waals surface area (Å²) in [6.45, 7) is 18.8. The Morgan fingerprint density at radius 2 is 1.72 bits per heavy atom. The second kappa shape index (κ2) is 12.6. The average Bonchev–Trinajstić information content (AvgIpc) is 2.75. The van der Waals surface area contributed by atoms with E-state index in [1.807, 2.05) is 12.1 Å². The van der Waals surface area contributed by atoms with E-state index in [9.17, 15) is 10.2 Å². The second-order valence-electron chi connectivity index (χ2n) is 10.5. The van der Waals surface area contributed by atoms with E-state index in [1.165, 1.54) is 25.7 Å². The molecule has 1 aliphatic heterocycles. The highest BCUT2D eigenvalue weighted by molar-refractivity contribution is 5.49. The third-order valence-electron chi connectivity index (χ3n) is 7.39. The number of phenols is 2. The van der Waals surface area contributed by atoms with Crippen LogP contribution in [0.1, 0.15) is 90.7 Å². The Hall–Kier alpha value is -1.52. The topological polar surface area (TPSA) is 52.9 Å². The van der Waals surface area contributed by atoms with E-state index in [-0.39, 0.29) is 22.8 Å². The van der Waals surface area contributed by atoms with Gasteiger partial charge in [0.25, 0.3) is 0 Å². The van der Waals surface area contributed by atoms with E-state index in [4.69, 9.17) is 4.74 Å². The molecule has 1 heterocycles. The Morgan fingerprint density at radius 3 is 2.28 bits per heavy atom. The minimum atomic E-state index is -0.0669. The maximum Gasteiger partial charge on any atom is 0.122 e. The molecule has 2 rings (SSSR count). The Labute approximate surface area is 196 Å². The standard InChI is InChI=1S/C28H47NO3/c1-7-8-9-10-13-28(5,6)24-19-26(30)25(27(31)20-24)18-23(21(2)3)12-11-22(4)29-14-16-32-17-15-29/h19-20,22-23,30-31H,2,7-18H2,1,3-6H3. The number of hydrogen-bond donors (Lipinski definition) is 2. The maximum atomic E-state index is 10.8. The highest BCUT2D eigenvalue weighted by Gasteiger charge is 2.25. The van der Waals surface area contributed by atoms with Crippen molar-refractivity contribution in [2.45, 2.75) is 97.4 Å². The summed E-state index contributed by atoms with van der Waals surface area (Å²) in [5, 5.41) is 21.7. The van der Waals surface area contributed by atoms with Gasteiger partial charge in [-0.05, 0) is 68.6 Å². The molecule has 0 bridgehead atoms. The van der Waals surface area contributed by atoms with Crippen LogP contribution < -0.4 is 0 Å². The highest BCUT2D eigenvalue weighted by atomic mass is 16.5. The smallest absolute Gasteiger partial charge is 0.122 e. The summed E-state index contributed by atoms with van der Waals surface area (Å²) in [5.74, 6) is 0.673. The van der Waals surface area contributed by atoms with E-state index >= 15 is 0 Å². The van der Waals surface area contributed by atoms with Gasteiger partial charge in [-0.1, -0.05) is 58.6 Å². The number of benzene rings is 1. The summed E-state index contributed by atoms with van der Waals surface area (Å²) >= 11 is 0. The molecule has 1 aliphatic rings. The first-order valence-electron chi connectivity index (χ1n) is 12.7. The molecule has 0 aliphatic carbocycles. The second-order valence-corrected chi connectivity index (χ2v) is 10.5. The lowest BCUT2D eigenvalue weighted by molar-refractivity contribution is 0.0177. The summed E-state index contributed by atoms with van der Waals surface area (Å²) in [4.78, 5) is 2.49. The van der Waals surface area contributed by atoms with Crippen LogP contribution >= 0.6 is 0 Å². The third kappa shape index (κ3) is 7.81. The molecule has 0 radical (unpaired) electrons. The quantitative estimate of drug-likeness (QED) is 0.266. The van der Waals surface area contributed by atoms with Crippen molar-refractivity contribution in [2.24, 2.45) is 5.92 Å². The Balaban J connectivity index is 2.04. The van der Waals surface area contributed by atoms with E-state index < -0.39 is 0 Å². The van der Waals surface area contributed by atoms with Crippen LogP contribution in [0.5, 0.6) is 11.5 Å². The molecule has 1 fully saturated rings. The number of morpholine rings is 1. The zero-order chi connectivity index (χ0) is 23.7. The number of hydrogen-bond acceptors (Lipinski definition) is 4. The zero-order valence-electron chi connectivity index (χ0n) is 21.3. The number of phenolic OH excluding ortho intramolecular Hbond substituents is 2. The molecular formula is C28H47NO3. The van der Waals surface area contributed by atoms with Gasteiger partial charge < -0.3 is 14.9 Å². The molecule has 0 saturated carbocycles. The van der Waals surface area contributed by atoms with E-state index in [0.717, 1.165) is 56.7 Å². The van der Waals surface area contributed by atoms with Crippen LogP contribution in [-0.4, -0.2) is 47.5 Å². The molecule has 2 N–H and O–H groups in total. The number of aromatic hydroxyl groups is 2. The number of nitrogens with zero attached hydrogens (tertiary/aromatic N) is 1. The van der Waals surface area contributed by atoms with Crippen molar-refractivity contribution in [1.29, 1.82) is 0 Å². The maximum absolute atomic E-state index is 10.8. The van der Waals surface area contributed by atoms with Crippen LogP contribution in [-0.2, 0) is 16.6 Å². The summed E-state index contributed by atoms with van der Waals surface area (Å²) in [6.07, 6.45) is 8.64. The average molecular weight is 446 g/mol. The van der Waals surface area contributed by atoms with Crippen molar-refractivity contribution in [3.8, 4) is 11.5 Å². The van der Waals surface area contributed by atoms with E-state index in [0.29, 0.717) is 18.0 Å². The van der Waals surface area contributed by atoms with E-state index in [2.05, 4.69) is 46.1 Å². The van der Waals surface area contributed by atoms with Crippen molar-refractivity contribution in [1.82, 2.24) is 4.90 Å². The highest BCUT2D eigenvalue weighted by Crippen LogP contribution is 2.39. The summed E-state index contributed by atoms with van der Waals surface area (Å²) < 4.78 is 5.47. The number of unbranched alkanes of at least 4 members (excludes halogenated alkanes) is 3. The van der Waals surface area contributed by atoms with Crippen LogP contribution in [0, 0.1) is 5.92 Å². The predicted molar refractivity (Wildman–Crippen MR) is 135 cm³/mol. The molecule has 0 aromatic heterocycles. The van der Waals surface area contributed by atoms with Gasteiger partial charge in [0.2, 0.25) is 0 Å². The van der Waals surface area contributed by atoms with Crippen LogP contribution in [0.2, 0.25) is 0 Å². The Bertz CT molecular complexity index is 698. The third-order valence-corrected chi connectivity index (χ3v) is 7.39. The molecule has 182 valence electrons. The minimum Gasteiger partial charge on any atom is -0.508 e. The first kappa shape index (κ1) is 26.7. The molecule has 1 saturated heterocycles. The van der Waals surface area contributed by atoms with Crippen LogP contribution in [0.25, 0.3) is 0 Å². The first-order valence-corrected chi connectivity index (χ1v) is 12.7. The van der Waals surface area contributed by atoms with Crippen molar-refractivity contribution in [2.75, 3.05) is 26.3 Å². The summed E-state index contributed by atoms with van der Waals surface area (Å²) in [7, 11) is 0. The largest absolute Gasteiger partial charge is 0.508 e. The molecule has 1 aromatic rings. The summed E-state index contributed by atoms with van der Waals surface area (Å²) in [5.41, 5.74) is 2.71. The molecule has 32 heavy (non-hydrogen) atoms. The van der Waals surface area contributed by atoms with Crippen LogP contribution in [0.3, 0.4) is 0 Å². The molecule has 1 aromatic carbocycles. The minimum absolute atomic E-state index is 0.0669. The SMILES string of the molecule is C=C(C)C(CCC(C)N1CCOCC1)Cc1c(O)cc(C(C)(C)CCCCCC)cc1O. The molecule has 2 unspecified atom stereocenters. The Morgan fingerprint density at radius 1 is 1.09 bits per heavy atom. The van der Waals surface area contributed by atoms with Gasteiger partial charge in [0.1, 0.15) is 11.5 Å². The monoisotopic (exact) mass is 445 g/mol. The molecule has 4 nitrogen and oxygen atoms in total. The van der Waals surface area contributed by atoms with Gasteiger partial charge in [-0.15, -0.1) is 0 Å². The Kier molecular flexibility index (Phi) is 10.6. The van der Waals surface area contributed by atoms with Crippen molar-refractivity contribution < 1.29 is 14.9 Å². The lowest BCUT2D eigenvalue weighted by atomic mass is 9.78. The zero-order valence-corrected chi connectivity index (χ0v) is 21.3. The van der Waals surface area contributed by atoms with Gasteiger partial charge in [-0.2, -0.15) is 0 Å². The molecule has 0 amide bonds. The van der Waals surface area contributed by atoms with Gasteiger partial charge in [-0.3, -0.25) is 4.90 Å². The van der Waals surface area contributed by atoms with Crippen molar-refractivity contribution in [3.63, 3.8) is 0 Å². The van der Waals surface area contributed by atoms with Gasteiger partial charge in [0.15, 0.2) is 0 Å². The molecule has 0 spiro atoms. The van der Waals surface area contributed by atoms with E-state index in [1.54, 1.807) is 0 Å². The predicted octanol–water partition coefficient (Wildman–Crippen LogP) is 6.58. The van der Waals surface area contributed by atoms with Crippen LogP contribution in [0.4, 0.5) is 0 Å². The number of rotatable bonds is 13. The van der Waals surface area contributed by atoms with Crippen molar-refractivity contribution >= 4 is 0 Å². The first-order chi connectivity index (χ1) is 15.2. The van der Waals surface area contributed by atoms with Gasteiger partial charge >= 0.3 is 0 Å². The van der Waals surface area contributed by atoms with Crippen LogP contribution in [0.15, 0.2) is 24.3 Å². The summed E-state index contributed by atoms with van der Waals surface area (Å²) in [6, 6.07) is 4.25. The fourth-order valence-electron chi connectivity index (χ4n) is 4.79. The molecular weight excluding hydrogens is 398 g/mol. The fraction of sp³-hybridized carbons (Fsp3) is 0.714. The fourth-order valence-corrected chi connectivity index (χ4v) is 4.79. The van der Waals surface area contributed by atoms with Gasteiger partial charge in [-0.25, -0.2) is 0 Å². The van der Waals surface area contributed by atoms with Gasteiger partial charge in [0, 0.05) is 24.7 Å². The normalized spacial score (nSPS) is 17.3. The number of ether oxygens (including phenoxy) is 1. The lowest BCUT2D eigenvalue weighted by Gasteiger charge is -2.33. The van der Waals surface area contributed by atoms with Gasteiger partial charge in [0.05, 0.1) is 13.2 Å². The molecule has 4 heteroatoms. The number of allylic oxidation sites excluding steroid dienone is 1. The molecule has 2 atom stereocenters.